The number of nitrogens with zero attached hydrogens (tertiary/aromatic N) is 1. The molecule has 1 aliphatic carbocycles. The predicted octanol–water partition coefficient (Wildman–Crippen LogP) is 0.919. The van der Waals surface area contributed by atoms with Crippen LogP contribution in [0.25, 0.3) is 0 Å². The maximum absolute atomic E-state index is 11.9. The molecule has 1 atom stereocenters. The fourth-order valence-electron chi connectivity index (χ4n) is 2.21. The van der Waals surface area contributed by atoms with Crippen molar-refractivity contribution in [2.45, 2.75) is 38.1 Å². The molecule has 0 aromatic carbocycles. The maximum atomic E-state index is 11.9. The lowest BCUT2D eigenvalue weighted by Crippen LogP contribution is -2.51. The molecule has 0 aromatic heterocycles. The van der Waals surface area contributed by atoms with Gasteiger partial charge in [0.2, 0.25) is 0 Å². The highest BCUT2D eigenvalue weighted by Crippen LogP contribution is 2.34. The first kappa shape index (κ1) is 10.7. The Bertz CT molecular complexity index is 250. The largest absolute Gasteiger partial charge is 0.331 e. The summed E-state index contributed by atoms with van der Waals surface area (Å²) in [6, 6.07) is 0.0875. The van der Waals surface area contributed by atoms with Crippen molar-refractivity contribution < 1.29 is 4.79 Å². The van der Waals surface area contributed by atoms with E-state index in [0.717, 1.165) is 32.4 Å². The van der Waals surface area contributed by atoms with Gasteiger partial charge in [-0.3, -0.25) is 0 Å². The van der Waals surface area contributed by atoms with Crippen LogP contribution in [0.2, 0.25) is 0 Å². The zero-order chi connectivity index (χ0) is 10.9. The average molecular weight is 211 g/mol. The van der Waals surface area contributed by atoms with Crippen LogP contribution in [0.15, 0.2) is 0 Å². The van der Waals surface area contributed by atoms with Crippen LogP contribution in [0.5, 0.6) is 0 Å². The number of nitrogens with two attached hydrogens (primary N) is 1. The zero-order valence-corrected chi connectivity index (χ0v) is 9.46. The van der Waals surface area contributed by atoms with Crippen molar-refractivity contribution in [2.24, 2.45) is 11.7 Å². The summed E-state index contributed by atoms with van der Waals surface area (Å²) in [6.07, 6.45) is 4.45. The van der Waals surface area contributed by atoms with Crippen molar-refractivity contribution in [1.29, 1.82) is 0 Å². The highest BCUT2D eigenvalue weighted by atomic mass is 16.2. The fraction of sp³-hybridized carbons (Fsp3) is 0.909. The standard InChI is InChI=1S/C11H21N3O/c1-9-3-2-6-14(7-9)10(15)13-11(8-12)4-5-11/h9H,2-8,12H2,1H3,(H,13,15). The Morgan fingerprint density at radius 1 is 1.60 bits per heavy atom. The normalized spacial score (nSPS) is 28.7. The highest BCUT2D eigenvalue weighted by molar-refractivity contribution is 5.75. The Morgan fingerprint density at radius 2 is 2.33 bits per heavy atom. The van der Waals surface area contributed by atoms with Crippen molar-refractivity contribution in [3.63, 3.8) is 0 Å². The van der Waals surface area contributed by atoms with Gasteiger partial charge in [0, 0.05) is 19.6 Å². The number of nitrogens with one attached hydrogen (secondary N) is 1. The van der Waals surface area contributed by atoms with E-state index in [1.807, 2.05) is 4.90 Å². The first-order chi connectivity index (χ1) is 7.15. The van der Waals surface area contributed by atoms with E-state index in [2.05, 4.69) is 12.2 Å². The third kappa shape index (κ3) is 2.43. The van der Waals surface area contributed by atoms with Crippen LogP contribution in [0.1, 0.15) is 32.6 Å². The number of amides is 2. The van der Waals surface area contributed by atoms with Gasteiger partial charge < -0.3 is 16.0 Å². The lowest BCUT2D eigenvalue weighted by Gasteiger charge is -2.32. The molecule has 1 saturated heterocycles. The average Bonchev–Trinajstić information content (AvgIpc) is 2.98. The molecule has 4 nitrogen and oxygen atoms in total. The van der Waals surface area contributed by atoms with Gasteiger partial charge in [-0.25, -0.2) is 4.79 Å². The quantitative estimate of drug-likeness (QED) is 0.713. The maximum Gasteiger partial charge on any atom is 0.317 e. The van der Waals surface area contributed by atoms with Gasteiger partial charge in [0.05, 0.1) is 5.54 Å². The summed E-state index contributed by atoms with van der Waals surface area (Å²) in [5.74, 6) is 0.637. The van der Waals surface area contributed by atoms with Gasteiger partial charge in [-0.15, -0.1) is 0 Å². The molecule has 15 heavy (non-hydrogen) atoms. The van der Waals surface area contributed by atoms with E-state index in [-0.39, 0.29) is 11.6 Å². The number of carbonyl (C=O) groups excluding carboxylic acids is 1. The Kier molecular flexibility index (Phi) is 2.87. The molecule has 2 fully saturated rings. The first-order valence-electron chi connectivity index (χ1n) is 5.92. The molecule has 0 aromatic rings. The first-order valence-corrected chi connectivity index (χ1v) is 5.92. The molecule has 0 bridgehead atoms. The van der Waals surface area contributed by atoms with Crippen molar-refractivity contribution in [1.82, 2.24) is 10.2 Å². The fourth-order valence-corrected chi connectivity index (χ4v) is 2.21. The van der Waals surface area contributed by atoms with Gasteiger partial charge in [0.15, 0.2) is 0 Å². The Morgan fingerprint density at radius 3 is 2.87 bits per heavy atom. The van der Waals surface area contributed by atoms with E-state index in [0.29, 0.717) is 12.5 Å². The molecule has 1 aliphatic heterocycles. The van der Waals surface area contributed by atoms with Gasteiger partial charge in [-0.05, 0) is 31.6 Å². The SMILES string of the molecule is CC1CCCN(C(=O)NC2(CN)CC2)C1. The second-order valence-corrected chi connectivity index (χ2v) is 5.11. The van der Waals surface area contributed by atoms with Crippen molar-refractivity contribution >= 4 is 6.03 Å². The number of hydrogen-bond donors (Lipinski definition) is 2. The molecule has 2 amide bonds. The number of urea groups is 1. The minimum atomic E-state index is -0.0578. The van der Waals surface area contributed by atoms with Crippen molar-refractivity contribution in [2.75, 3.05) is 19.6 Å². The zero-order valence-electron chi connectivity index (χ0n) is 9.46. The van der Waals surface area contributed by atoms with Crippen molar-refractivity contribution in [3.05, 3.63) is 0 Å². The molecule has 3 N–H and O–H groups in total. The van der Waals surface area contributed by atoms with E-state index in [1.165, 1.54) is 6.42 Å². The predicted molar refractivity (Wildman–Crippen MR) is 59.5 cm³/mol. The minimum absolute atomic E-state index is 0.0578. The van der Waals surface area contributed by atoms with E-state index in [9.17, 15) is 4.79 Å². The molecule has 4 heteroatoms. The number of carbonyl (C=O) groups is 1. The Hall–Kier alpha value is -0.770. The van der Waals surface area contributed by atoms with Gasteiger partial charge in [0.1, 0.15) is 0 Å². The summed E-state index contributed by atoms with van der Waals surface area (Å²) >= 11 is 0. The minimum Gasteiger partial charge on any atom is -0.331 e. The molecule has 2 aliphatic rings. The summed E-state index contributed by atoms with van der Waals surface area (Å²) in [5, 5.41) is 3.07. The van der Waals surface area contributed by atoms with Gasteiger partial charge >= 0.3 is 6.03 Å². The smallest absolute Gasteiger partial charge is 0.317 e. The second-order valence-electron chi connectivity index (χ2n) is 5.11. The molecule has 1 heterocycles. The van der Waals surface area contributed by atoms with E-state index < -0.39 is 0 Å². The van der Waals surface area contributed by atoms with E-state index in [4.69, 9.17) is 5.73 Å². The summed E-state index contributed by atoms with van der Waals surface area (Å²) in [4.78, 5) is 13.9. The third-order valence-electron chi connectivity index (χ3n) is 3.56. The third-order valence-corrected chi connectivity index (χ3v) is 3.56. The molecule has 0 spiro atoms. The molecule has 1 saturated carbocycles. The van der Waals surface area contributed by atoms with Gasteiger partial charge in [0.25, 0.3) is 0 Å². The highest BCUT2D eigenvalue weighted by Gasteiger charge is 2.43. The Labute approximate surface area is 91.2 Å². The lowest BCUT2D eigenvalue weighted by atomic mass is 10.0. The van der Waals surface area contributed by atoms with Crippen LogP contribution in [0.3, 0.4) is 0 Å². The second kappa shape index (κ2) is 4.00. The summed E-state index contributed by atoms with van der Waals surface area (Å²) < 4.78 is 0. The van der Waals surface area contributed by atoms with Crippen LogP contribution in [0, 0.1) is 5.92 Å². The number of hydrogen-bond acceptors (Lipinski definition) is 2. The molecule has 86 valence electrons. The molecular formula is C11H21N3O. The van der Waals surface area contributed by atoms with Crippen LogP contribution in [-0.4, -0.2) is 36.1 Å². The molecule has 0 radical (unpaired) electrons. The molecular weight excluding hydrogens is 190 g/mol. The number of likely N-dealkylation sites (tertiary alicyclic amines) is 1. The number of rotatable bonds is 2. The Balaban J connectivity index is 1.85. The topological polar surface area (TPSA) is 58.4 Å². The van der Waals surface area contributed by atoms with Crippen molar-refractivity contribution in [3.8, 4) is 0 Å². The summed E-state index contributed by atoms with van der Waals surface area (Å²) in [5.41, 5.74) is 5.58. The van der Waals surface area contributed by atoms with Crippen LogP contribution >= 0.6 is 0 Å². The van der Waals surface area contributed by atoms with Crippen LogP contribution < -0.4 is 11.1 Å². The van der Waals surface area contributed by atoms with Crippen LogP contribution in [-0.2, 0) is 0 Å². The van der Waals surface area contributed by atoms with E-state index >= 15 is 0 Å². The van der Waals surface area contributed by atoms with E-state index in [1.54, 1.807) is 0 Å². The summed E-state index contributed by atoms with van der Waals surface area (Å²) in [6.45, 7) is 4.57. The lowest BCUT2D eigenvalue weighted by molar-refractivity contribution is 0.165. The molecule has 2 rings (SSSR count). The monoisotopic (exact) mass is 211 g/mol. The van der Waals surface area contributed by atoms with Gasteiger partial charge in [-0.1, -0.05) is 6.92 Å². The number of piperidine rings is 1. The van der Waals surface area contributed by atoms with Gasteiger partial charge in [-0.2, -0.15) is 0 Å². The molecule has 1 unspecified atom stereocenters. The van der Waals surface area contributed by atoms with Crippen LogP contribution in [0.4, 0.5) is 4.79 Å². The summed E-state index contributed by atoms with van der Waals surface area (Å²) in [7, 11) is 0.